The summed E-state index contributed by atoms with van der Waals surface area (Å²) in [4.78, 5) is 23.6. The molecular formula is C18H23N5O2. The number of nitrogens with one attached hydrogen (secondary N) is 1. The maximum absolute atomic E-state index is 12.3. The molecule has 2 heterocycles. The molecule has 3 N–H and O–H groups in total. The van der Waals surface area contributed by atoms with Crippen molar-refractivity contribution in [2.45, 2.75) is 39.7 Å². The van der Waals surface area contributed by atoms with E-state index in [9.17, 15) is 4.79 Å². The molecule has 1 aromatic carbocycles. The van der Waals surface area contributed by atoms with Gasteiger partial charge in [-0.1, -0.05) is 44.5 Å². The Hall–Kier alpha value is -2.83. The summed E-state index contributed by atoms with van der Waals surface area (Å²) >= 11 is 0. The predicted octanol–water partition coefficient (Wildman–Crippen LogP) is 2.49. The normalized spacial score (nSPS) is 11.1. The lowest BCUT2D eigenvalue weighted by molar-refractivity contribution is 0.286. The molecule has 0 aliphatic carbocycles. The first-order valence-electron chi connectivity index (χ1n) is 8.59. The maximum Gasteiger partial charge on any atom is 0.328 e. The second kappa shape index (κ2) is 7.38. The number of unbranched alkanes of at least 4 members (excludes halogenated alkanes) is 1. The molecule has 0 saturated heterocycles. The van der Waals surface area contributed by atoms with Crippen LogP contribution in [0.15, 0.2) is 29.1 Å². The zero-order valence-electron chi connectivity index (χ0n) is 14.6. The van der Waals surface area contributed by atoms with Gasteiger partial charge in [0, 0.05) is 0 Å². The fourth-order valence-electron chi connectivity index (χ4n) is 2.61. The van der Waals surface area contributed by atoms with E-state index in [0.29, 0.717) is 24.3 Å². The number of hydrogen-bond acceptors (Lipinski definition) is 5. The Morgan fingerprint density at radius 2 is 1.88 bits per heavy atom. The molecule has 0 spiro atoms. The number of aryl methyl sites for hydroxylation is 1. The molecule has 0 amide bonds. The minimum absolute atomic E-state index is 0.201. The largest absolute Gasteiger partial charge is 0.463 e. The molecule has 0 fully saturated rings. The van der Waals surface area contributed by atoms with E-state index >= 15 is 0 Å². The smallest absolute Gasteiger partial charge is 0.328 e. The van der Waals surface area contributed by atoms with Crippen LogP contribution >= 0.6 is 0 Å². The number of hydrogen-bond donors (Lipinski definition) is 2. The predicted molar refractivity (Wildman–Crippen MR) is 97.9 cm³/mol. The van der Waals surface area contributed by atoms with Gasteiger partial charge < -0.3 is 15.5 Å². The Kier molecular flexibility index (Phi) is 5.02. The zero-order valence-corrected chi connectivity index (χ0v) is 14.6. The van der Waals surface area contributed by atoms with Crippen LogP contribution < -0.4 is 16.2 Å². The number of aromatic nitrogens is 4. The number of rotatable bonds is 7. The van der Waals surface area contributed by atoms with Gasteiger partial charge in [-0.15, -0.1) is 0 Å². The molecule has 0 saturated carbocycles. The molecule has 0 radical (unpaired) electrons. The molecule has 25 heavy (non-hydrogen) atoms. The van der Waals surface area contributed by atoms with Gasteiger partial charge in [-0.3, -0.25) is 4.57 Å². The van der Waals surface area contributed by atoms with Crippen molar-refractivity contribution in [3.05, 3.63) is 45.9 Å². The third kappa shape index (κ3) is 3.65. The van der Waals surface area contributed by atoms with Gasteiger partial charge in [-0.25, -0.2) is 4.79 Å². The molecule has 2 aromatic heterocycles. The number of ether oxygens (including phenoxy) is 1. The highest BCUT2D eigenvalue weighted by molar-refractivity contribution is 5.81. The van der Waals surface area contributed by atoms with Gasteiger partial charge in [0.05, 0.1) is 13.2 Å². The second-order valence-corrected chi connectivity index (χ2v) is 5.98. The van der Waals surface area contributed by atoms with Crippen molar-refractivity contribution in [2.24, 2.45) is 0 Å². The quantitative estimate of drug-likeness (QED) is 0.643. The number of anilines is 1. The molecule has 0 unspecified atom stereocenters. The van der Waals surface area contributed by atoms with Crippen LogP contribution in [0.4, 0.5) is 5.82 Å². The number of nitrogens with zero attached hydrogens (tertiary/aromatic N) is 3. The van der Waals surface area contributed by atoms with Crippen molar-refractivity contribution in [1.29, 1.82) is 0 Å². The average molecular weight is 341 g/mol. The molecule has 0 aliphatic rings. The van der Waals surface area contributed by atoms with E-state index in [1.807, 2.05) is 12.1 Å². The van der Waals surface area contributed by atoms with Crippen molar-refractivity contribution >= 4 is 17.0 Å². The monoisotopic (exact) mass is 341 g/mol. The third-order valence-corrected chi connectivity index (χ3v) is 4.13. The van der Waals surface area contributed by atoms with Crippen molar-refractivity contribution < 1.29 is 4.74 Å². The number of imidazole rings is 1. The molecule has 7 heteroatoms. The summed E-state index contributed by atoms with van der Waals surface area (Å²) < 4.78 is 7.11. The summed E-state index contributed by atoms with van der Waals surface area (Å²) in [5.74, 6) is 0.216. The average Bonchev–Trinajstić information content (AvgIpc) is 2.93. The Labute approximate surface area is 145 Å². The molecule has 3 aromatic rings. The van der Waals surface area contributed by atoms with E-state index < -0.39 is 0 Å². The highest BCUT2D eigenvalue weighted by Crippen LogP contribution is 2.19. The third-order valence-electron chi connectivity index (χ3n) is 4.13. The van der Waals surface area contributed by atoms with Gasteiger partial charge >= 0.3 is 11.7 Å². The first kappa shape index (κ1) is 17.0. The minimum atomic E-state index is -0.263. The van der Waals surface area contributed by atoms with E-state index in [0.717, 1.165) is 24.8 Å². The van der Waals surface area contributed by atoms with Crippen LogP contribution in [0.1, 0.15) is 37.8 Å². The second-order valence-electron chi connectivity index (χ2n) is 5.98. The summed E-state index contributed by atoms with van der Waals surface area (Å²) in [7, 11) is 0. The van der Waals surface area contributed by atoms with Crippen LogP contribution in [0.3, 0.4) is 0 Å². The SMILES string of the molecule is CCCCOc1nc(N)c2[nH]c(=O)n(Cc3ccc(CC)cc3)c2n1. The van der Waals surface area contributed by atoms with E-state index in [2.05, 4.69) is 40.9 Å². The molecule has 3 rings (SSSR count). The number of nitrogen functional groups attached to an aromatic ring is 1. The Balaban J connectivity index is 1.95. The summed E-state index contributed by atoms with van der Waals surface area (Å²) in [6.07, 6.45) is 2.90. The maximum atomic E-state index is 12.3. The molecule has 132 valence electrons. The van der Waals surface area contributed by atoms with Crippen molar-refractivity contribution in [1.82, 2.24) is 19.5 Å². The van der Waals surface area contributed by atoms with Crippen molar-refractivity contribution in [3.8, 4) is 6.01 Å². The summed E-state index contributed by atoms with van der Waals surface area (Å²) in [5, 5.41) is 0. The van der Waals surface area contributed by atoms with Gasteiger partial charge in [0.15, 0.2) is 11.5 Å². The number of fused-ring (bicyclic) bond motifs is 1. The lowest BCUT2D eigenvalue weighted by atomic mass is 10.1. The topological polar surface area (TPSA) is 98.8 Å². The number of nitrogens with two attached hydrogens (primary N) is 1. The Morgan fingerprint density at radius 3 is 2.56 bits per heavy atom. The summed E-state index contributed by atoms with van der Waals surface area (Å²) in [5.41, 5.74) is 8.88. The van der Waals surface area contributed by atoms with Crippen LogP contribution in [-0.4, -0.2) is 26.1 Å². The number of H-pyrrole nitrogens is 1. The number of benzene rings is 1. The number of aromatic amines is 1. The highest BCUT2D eigenvalue weighted by atomic mass is 16.5. The standard InChI is InChI=1S/C18H23N5O2/c1-3-5-10-25-17-21-15(19)14-16(22-17)23(18(24)20-14)11-13-8-6-12(4-2)7-9-13/h6-9H,3-5,10-11H2,1-2H3,(H,20,24)(H2,19,21,22). The first-order valence-corrected chi connectivity index (χ1v) is 8.59. The van der Waals surface area contributed by atoms with Gasteiger partial charge in [-0.05, 0) is 24.0 Å². The Bertz CT molecular complexity index is 912. The fourth-order valence-corrected chi connectivity index (χ4v) is 2.61. The van der Waals surface area contributed by atoms with Crippen LogP contribution in [0.5, 0.6) is 6.01 Å². The van der Waals surface area contributed by atoms with Crippen LogP contribution in [0.25, 0.3) is 11.2 Å². The first-order chi connectivity index (χ1) is 12.1. The van der Waals surface area contributed by atoms with Gasteiger partial charge in [0.1, 0.15) is 5.52 Å². The van der Waals surface area contributed by atoms with Crippen LogP contribution in [0, 0.1) is 0 Å². The minimum Gasteiger partial charge on any atom is -0.463 e. The van der Waals surface area contributed by atoms with E-state index in [4.69, 9.17) is 10.5 Å². The molecule has 7 nitrogen and oxygen atoms in total. The molecule has 0 bridgehead atoms. The Morgan fingerprint density at radius 1 is 1.16 bits per heavy atom. The van der Waals surface area contributed by atoms with E-state index in [1.165, 1.54) is 5.56 Å². The molecular weight excluding hydrogens is 318 g/mol. The summed E-state index contributed by atoms with van der Waals surface area (Å²) in [6.45, 7) is 5.12. The van der Waals surface area contributed by atoms with Gasteiger partial charge in [0.2, 0.25) is 0 Å². The zero-order chi connectivity index (χ0) is 17.8. The summed E-state index contributed by atoms with van der Waals surface area (Å²) in [6, 6.07) is 8.38. The lowest BCUT2D eigenvalue weighted by Gasteiger charge is -2.07. The lowest BCUT2D eigenvalue weighted by Crippen LogP contribution is -2.17. The van der Waals surface area contributed by atoms with Crippen molar-refractivity contribution in [3.63, 3.8) is 0 Å². The fraction of sp³-hybridized carbons (Fsp3) is 0.389. The highest BCUT2D eigenvalue weighted by Gasteiger charge is 2.14. The molecule has 0 aliphatic heterocycles. The van der Waals surface area contributed by atoms with Gasteiger partial charge in [0.25, 0.3) is 0 Å². The van der Waals surface area contributed by atoms with Crippen LogP contribution in [-0.2, 0) is 13.0 Å². The molecule has 0 atom stereocenters. The van der Waals surface area contributed by atoms with E-state index in [1.54, 1.807) is 4.57 Å². The van der Waals surface area contributed by atoms with Crippen molar-refractivity contribution in [2.75, 3.05) is 12.3 Å². The van der Waals surface area contributed by atoms with E-state index in [-0.39, 0.29) is 17.5 Å². The van der Waals surface area contributed by atoms with Gasteiger partial charge in [-0.2, -0.15) is 9.97 Å². The van der Waals surface area contributed by atoms with Crippen LogP contribution in [0.2, 0.25) is 0 Å².